The number of aromatic nitrogens is 1. The van der Waals surface area contributed by atoms with Crippen LogP contribution in [-0.2, 0) is 0 Å². The zero-order valence-electron chi connectivity index (χ0n) is 12.1. The predicted octanol–water partition coefficient (Wildman–Crippen LogP) is 4.39. The van der Waals surface area contributed by atoms with E-state index in [9.17, 15) is 8.78 Å². The Labute approximate surface area is 127 Å². The van der Waals surface area contributed by atoms with Gasteiger partial charge in [-0.2, -0.15) is 0 Å². The van der Waals surface area contributed by atoms with E-state index in [-0.39, 0.29) is 6.04 Å². The van der Waals surface area contributed by atoms with Crippen molar-refractivity contribution in [2.75, 3.05) is 0 Å². The third-order valence-corrected chi connectivity index (χ3v) is 4.50. The summed E-state index contributed by atoms with van der Waals surface area (Å²) in [6.07, 6.45) is 2.22. The lowest BCUT2D eigenvalue weighted by molar-refractivity contribution is 0.556. The summed E-state index contributed by atoms with van der Waals surface area (Å²) < 4.78 is 27.0. The van der Waals surface area contributed by atoms with Gasteiger partial charge in [-0.25, -0.2) is 13.8 Å². The molecule has 0 saturated heterocycles. The van der Waals surface area contributed by atoms with Gasteiger partial charge in [-0.15, -0.1) is 11.3 Å². The largest absolute Gasteiger partial charge is 0.301 e. The standard InChI is InChI=1S/C16H18F2N2S/c1-9(2)14-8-21-16(20-14)15(19-13-3-4-13)10-5-11(17)7-12(18)6-10/h5-9,13,15,19H,3-4H2,1-2H3. The summed E-state index contributed by atoms with van der Waals surface area (Å²) in [4.78, 5) is 4.64. The fourth-order valence-corrected chi connectivity index (χ4v) is 3.30. The summed E-state index contributed by atoms with van der Waals surface area (Å²) in [5.41, 5.74) is 1.62. The molecule has 1 aromatic heterocycles. The number of halogens is 2. The number of hydrogen-bond donors (Lipinski definition) is 1. The third kappa shape index (κ3) is 3.47. The van der Waals surface area contributed by atoms with Crippen LogP contribution in [0.1, 0.15) is 54.9 Å². The summed E-state index contributed by atoms with van der Waals surface area (Å²) in [5, 5.41) is 6.34. The molecular formula is C16H18F2N2S. The number of nitrogens with zero attached hydrogens (tertiary/aromatic N) is 1. The van der Waals surface area contributed by atoms with Gasteiger partial charge in [0.15, 0.2) is 0 Å². The molecule has 1 atom stereocenters. The number of thiazole rings is 1. The molecule has 1 unspecified atom stereocenters. The van der Waals surface area contributed by atoms with Crippen molar-refractivity contribution in [3.05, 3.63) is 51.5 Å². The minimum atomic E-state index is -0.548. The summed E-state index contributed by atoms with van der Waals surface area (Å²) in [6.45, 7) is 4.17. The van der Waals surface area contributed by atoms with Crippen molar-refractivity contribution in [3.63, 3.8) is 0 Å². The molecule has 1 N–H and O–H groups in total. The highest BCUT2D eigenvalue weighted by atomic mass is 32.1. The maximum Gasteiger partial charge on any atom is 0.126 e. The molecule has 1 aliphatic rings. The first-order valence-corrected chi connectivity index (χ1v) is 8.08. The molecule has 1 aliphatic carbocycles. The van der Waals surface area contributed by atoms with Gasteiger partial charge in [0.2, 0.25) is 0 Å². The molecule has 2 aromatic rings. The van der Waals surface area contributed by atoms with Crippen molar-refractivity contribution in [3.8, 4) is 0 Å². The maximum atomic E-state index is 13.5. The van der Waals surface area contributed by atoms with Gasteiger partial charge in [0.1, 0.15) is 16.6 Å². The van der Waals surface area contributed by atoms with E-state index in [1.54, 1.807) is 11.3 Å². The lowest BCUT2D eigenvalue weighted by atomic mass is 10.1. The predicted molar refractivity (Wildman–Crippen MR) is 80.6 cm³/mol. The van der Waals surface area contributed by atoms with Crippen LogP contribution in [0.5, 0.6) is 0 Å². The van der Waals surface area contributed by atoms with E-state index in [0.29, 0.717) is 17.5 Å². The Balaban J connectivity index is 1.95. The fourth-order valence-electron chi connectivity index (χ4n) is 2.24. The van der Waals surface area contributed by atoms with E-state index in [1.165, 1.54) is 12.1 Å². The molecular weight excluding hydrogens is 290 g/mol. The Hall–Kier alpha value is -1.33. The van der Waals surface area contributed by atoms with Crippen LogP contribution in [0.3, 0.4) is 0 Å². The summed E-state index contributed by atoms with van der Waals surface area (Å²) in [6, 6.07) is 3.87. The Bertz CT molecular complexity index is 615. The van der Waals surface area contributed by atoms with E-state index in [4.69, 9.17) is 0 Å². The Morgan fingerprint density at radius 2 is 1.86 bits per heavy atom. The first kappa shape index (κ1) is 14.6. The van der Waals surface area contributed by atoms with Gasteiger partial charge in [-0.05, 0) is 36.5 Å². The highest BCUT2D eigenvalue weighted by Crippen LogP contribution is 2.32. The Morgan fingerprint density at radius 3 is 2.38 bits per heavy atom. The fraction of sp³-hybridized carbons (Fsp3) is 0.438. The van der Waals surface area contributed by atoms with Crippen LogP contribution < -0.4 is 5.32 Å². The minimum Gasteiger partial charge on any atom is -0.301 e. The second-order valence-corrected chi connectivity index (χ2v) is 6.73. The third-order valence-electron chi connectivity index (χ3n) is 3.58. The van der Waals surface area contributed by atoms with Gasteiger partial charge < -0.3 is 5.32 Å². The SMILES string of the molecule is CC(C)c1csc(C(NC2CC2)c2cc(F)cc(F)c2)n1. The van der Waals surface area contributed by atoms with Gasteiger partial charge in [-0.1, -0.05) is 13.8 Å². The van der Waals surface area contributed by atoms with Gasteiger partial charge >= 0.3 is 0 Å². The van der Waals surface area contributed by atoms with Crippen LogP contribution in [0.15, 0.2) is 23.6 Å². The second kappa shape index (κ2) is 5.81. The molecule has 1 aromatic carbocycles. The molecule has 1 fully saturated rings. The quantitative estimate of drug-likeness (QED) is 0.886. The van der Waals surface area contributed by atoms with Crippen LogP contribution in [0.25, 0.3) is 0 Å². The van der Waals surface area contributed by atoms with Crippen LogP contribution >= 0.6 is 11.3 Å². The van der Waals surface area contributed by atoms with Crippen LogP contribution in [0, 0.1) is 11.6 Å². The Kier molecular flexibility index (Phi) is 4.04. The molecule has 1 saturated carbocycles. The van der Waals surface area contributed by atoms with Gasteiger partial charge in [0, 0.05) is 17.5 Å². The molecule has 112 valence electrons. The highest BCUT2D eigenvalue weighted by molar-refractivity contribution is 7.09. The van der Waals surface area contributed by atoms with Gasteiger partial charge in [0.25, 0.3) is 0 Å². The van der Waals surface area contributed by atoms with Crippen molar-refractivity contribution in [2.45, 2.75) is 44.7 Å². The Morgan fingerprint density at radius 1 is 1.19 bits per heavy atom. The summed E-state index contributed by atoms with van der Waals surface area (Å²) in [7, 11) is 0. The number of benzene rings is 1. The molecule has 3 rings (SSSR count). The number of nitrogens with one attached hydrogen (secondary N) is 1. The van der Waals surface area contributed by atoms with Crippen molar-refractivity contribution >= 4 is 11.3 Å². The topological polar surface area (TPSA) is 24.9 Å². The van der Waals surface area contributed by atoms with Gasteiger partial charge in [-0.3, -0.25) is 0 Å². The molecule has 0 bridgehead atoms. The molecule has 2 nitrogen and oxygen atoms in total. The average molecular weight is 308 g/mol. The van der Waals surface area contributed by atoms with Crippen molar-refractivity contribution < 1.29 is 8.78 Å². The van der Waals surface area contributed by atoms with Crippen LogP contribution in [-0.4, -0.2) is 11.0 Å². The summed E-state index contributed by atoms with van der Waals surface area (Å²) >= 11 is 1.54. The minimum absolute atomic E-state index is 0.236. The van der Waals surface area contributed by atoms with E-state index in [2.05, 4.69) is 24.1 Å². The van der Waals surface area contributed by atoms with E-state index in [1.807, 2.05) is 5.38 Å². The monoisotopic (exact) mass is 308 g/mol. The van der Waals surface area contributed by atoms with E-state index in [0.717, 1.165) is 29.6 Å². The summed E-state index contributed by atoms with van der Waals surface area (Å²) in [5.74, 6) is -0.748. The number of rotatable bonds is 5. The molecule has 1 heterocycles. The highest BCUT2D eigenvalue weighted by Gasteiger charge is 2.28. The number of hydrogen-bond acceptors (Lipinski definition) is 3. The maximum absolute atomic E-state index is 13.5. The second-order valence-electron chi connectivity index (χ2n) is 5.84. The van der Waals surface area contributed by atoms with Crippen molar-refractivity contribution in [1.29, 1.82) is 0 Å². The van der Waals surface area contributed by atoms with Crippen molar-refractivity contribution in [2.24, 2.45) is 0 Å². The van der Waals surface area contributed by atoms with Crippen LogP contribution in [0.4, 0.5) is 8.78 Å². The zero-order valence-corrected chi connectivity index (χ0v) is 12.9. The lowest BCUT2D eigenvalue weighted by Crippen LogP contribution is -2.24. The van der Waals surface area contributed by atoms with Crippen molar-refractivity contribution in [1.82, 2.24) is 10.3 Å². The normalized spacial score (nSPS) is 16.4. The van der Waals surface area contributed by atoms with E-state index < -0.39 is 11.6 Å². The molecule has 0 spiro atoms. The lowest BCUT2D eigenvalue weighted by Gasteiger charge is -2.17. The molecule has 21 heavy (non-hydrogen) atoms. The zero-order chi connectivity index (χ0) is 15.0. The molecule has 0 radical (unpaired) electrons. The smallest absolute Gasteiger partial charge is 0.126 e. The van der Waals surface area contributed by atoms with E-state index >= 15 is 0 Å². The first-order chi connectivity index (χ1) is 10.0. The van der Waals surface area contributed by atoms with Crippen LogP contribution in [0.2, 0.25) is 0 Å². The first-order valence-electron chi connectivity index (χ1n) is 7.20. The van der Waals surface area contributed by atoms with Gasteiger partial charge in [0.05, 0.1) is 11.7 Å². The molecule has 5 heteroatoms. The molecule has 0 aliphatic heterocycles. The molecule has 0 amide bonds. The average Bonchev–Trinajstić information content (AvgIpc) is 3.09.